The molecular weight excluding hydrogens is 490 g/mol. The van der Waals surface area contributed by atoms with Gasteiger partial charge in [-0.25, -0.2) is 14.6 Å². The second-order valence-electron chi connectivity index (χ2n) is 6.68. The summed E-state index contributed by atoms with van der Waals surface area (Å²) in [6, 6.07) is -0.912. The van der Waals surface area contributed by atoms with Crippen LogP contribution in [0.3, 0.4) is 0 Å². The highest BCUT2D eigenvalue weighted by atomic mass is 32.2. The van der Waals surface area contributed by atoms with Gasteiger partial charge >= 0.3 is 12.1 Å². The number of nitrogens with two attached hydrogens (primary N) is 1. The zero-order chi connectivity index (χ0) is 24.8. The average molecular weight is 514 g/mol. The van der Waals surface area contributed by atoms with Gasteiger partial charge in [0.2, 0.25) is 6.29 Å². The number of esters is 1. The Bertz CT molecular complexity index is 1030. The summed E-state index contributed by atoms with van der Waals surface area (Å²) in [5, 5.41) is 7.67. The van der Waals surface area contributed by atoms with Crippen LogP contribution in [0.1, 0.15) is 26.5 Å². The minimum Gasteiger partial charge on any atom is -0.435 e. The second-order valence-corrected chi connectivity index (χ2v) is 8.71. The van der Waals surface area contributed by atoms with Gasteiger partial charge in [0.05, 0.1) is 6.61 Å². The lowest BCUT2D eigenvalue weighted by Gasteiger charge is -2.48. The Kier molecular flexibility index (Phi) is 8.33. The molecule has 2 amide bonds. The minimum atomic E-state index is -1.23. The Balaban J connectivity index is 1.65. The lowest BCUT2D eigenvalue weighted by molar-refractivity contribution is -0.168. The van der Waals surface area contributed by atoms with Crippen molar-refractivity contribution in [2.75, 3.05) is 24.7 Å². The quantitative estimate of drug-likeness (QED) is 0.157. The lowest BCUT2D eigenvalue weighted by atomic mass is 10.0. The van der Waals surface area contributed by atoms with E-state index in [1.165, 1.54) is 29.7 Å². The van der Waals surface area contributed by atoms with Gasteiger partial charge in [-0.15, -0.1) is 23.1 Å². The number of thiazole rings is 1. The van der Waals surface area contributed by atoms with Crippen LogP contribution in [0.25, 0.3) is 0 Å². The first kappa shape index (κ1) is 25.3. The van der Waals surface area contributed by atoms with E-state index < -0.39 is 41.6 Å². The van der Waals surface area contributed by atoms with Crippen molar-refractivity contribution >= 4 is 57.9 Å². The zero-order valence-corrected chi connectivity index (χ0v) is 20.1. The van der Waals surface area contributed by atoms with Crippen LogP contribution in [0, 0.1) is 0 Å². The van der Waals surface area contributed by atoms with Crippen molar-refractivity contribution in [3.8, 4) is 0 Å². The predicted octanol–water partition coefficient (Wildman–Crippen LogP) is 0.812. The maximum atomic E-state index is 12.9. The number of carbonyl (C=O) groups excluding carboxylic acids is 4. The largest absolute Gasteiger partial charge is 0.511 e. The molecule has 2 aliphatic heterocycles. The molecule has 0 spiro atoms. The number of nitrogen functional groups attached to an aromatic ring is 1. The monoisotopic (exact) mass is 513 g/mol. The number of aromatic nitrogens is 1. The average Bonchev–Trinajstić information content (AvgIpc) is 3.22. The number of carbonyl (C=O) groups is 4. The van der Waals surface area contributed by atoms with E-state index in [0.717, 1.165) is 11.3 Å². The SMILES string of the molecule is CCON=C(C(=O)NC1C(=O)N2C(C(=O)OC(C)OC(=O)OCC)=CCS[C@@H]12)c1csc(N)n1. The van der Waals surface area contributed by atoms with E-state index in [1.54, 1.807) is 19.2 Å². The van der Waals surface area contributed by atoms with Gasteiger partial charge in [0.25, 0.3) is 11.8 Å². The number of hydrogen-bond acceptors (Lipinski definition) is 13. The van der Waals surface area contributed by atoms with Gasteiger partial charge < -0.3 is 30.1 Å². The highest BCUT2D eigenvalue weighted by molar-refractivity contribution is 8.00. The molecule has 15 heteroatoms. The highest BCUT2D eigenvalue weighted by Gasteiger charge is 2.53. The second kappa shape index (κ2) is 11.2. The van der Waals surface area contributed by atoms with Crippen LogP contribution in [0.15, 0.2) is 22.3 Å². The third-order valence-electron chi connectivity index (χ3n) is 4.40. The molecule has 0 radical (unpaired) electrons. The van der Waals surface area contributed by atoms with E-state index in [1.807, 2.05) is 0 Å². The van der Waals surface area contributed by atoms with E-state index in [0.29, 0.717) is 5.75 Å². The van der Waals surface area contributed by atoms with Crippen molar-refractivity contribution in [2.24, 2.45) is 5.16 Å². The molecule has 184 valence electrons. The van der Waals surface area contributed by atoms with Gasteiger partial charge in [-0.05, 0) is 19.9 Å². The molecular formula is C19H23N5O8S2. The molecule has 3 heterocycles. The maximum Gasteiger partial charge on any atom is 0.511 e. The van der Waals surface area contributed by atoms with Crippen LogP contribution in [-0.4, -0.2) is 76.2 Å². The van der Waals surface area contributed by atoms with Crippen molar-refractivity contribution < 1.29 is 38.2 Å². The molecule has 3 N–H and O–H groups in total. The Labute approximate surface area is 202 Å². The topological polar surface area (TPSA) is 172 Å². The molecule has 1 fully saturated rings. The summed E-state index contributed by atoms with van der Waals surface area (Å²) in [5.74, 6) is -1.65. The van der Waals surface area contributed by atoms with Crippen molar-refractivity contribution in [1.82, 2.24) is 15.2 Å². The molecule has 0 bridgehead atoms. The number of amides is 2. The van der Waals surface area contributed by atoms with E-state index in [4.69, 9.17) is 20.0 Å². The Hall–Kier alpha value is -3.33. The summed E-state index contributed by atoms with van der Waals surface area (Å²) < 4.78 is 14.5. The number of hydrogen-bond donors (Lipinski definition) is 2. The Morgan fingerprint density at radius 1 is 1.32 bits per heavy atom. The number of anilines is 1. The number of fused-ring (bicyclic) bond motifs is 1. The van der Waals surface area contributed by atoms with Crippen LogP contribution < -0.4 is 11.1 Å². The van der Waals surface area contributed by atoms with Crippen LogP contribution in [-0.2, 0) is 33.4 Å². The number of nitrogens with zero attached hydrogens (tertiary/aromatic N) is 3. The molecule has 34 heavy (non-hydrogen) atoms. The fraction of sp³-hybridized carbons (Fsp3) is 0.474. The van der Waals surface area contributed by atoms with Crippen molar-refractivity contribution in [3.05, 3.63) is 22.8 Å². The number of oxime groups is 1. The van der Waals surface area contributed by atoms with E-state index in [-0.39, 0.29) is 35.4 Å². The molecule has 0 aromatic carbocycles. The first-order valence-corrected chi connectivity index (χ1v) is 12.1. The third kappa shape index (κ3) is 5.59. The molecule has 0 aliphatic carbocycles. The summed E-state index contributed by atoms with van der Waals surface area (Å²) in [6.07, 6.45) is -0.686. The van der Waals surface area contributed by atoms with Crippen molar-refractivity contribution in [2.45, 2.75) is 38.5 Å². The van der Waals surface area contributed by atoms with Gasteiger partial charge in [-0.3, -0.25) is 14.5 Å². The number of β-lactam (4-membered cyclic amide) rings is 1. The molecule has 3 atom stereocenters. The molecule has 2 aliphatic rings. The molecule has 3 rings (SSSR count). The molecule has 0 saturated carbocycles. The summed E-state index contributed by atoms with van der Waals surface area (Å²) in [5.41, 5.74) is 5.73. The summed E-state index contributed by atoms with van der Waals surface area (Å²) in [6.45, 7) is 4.97. The zero-order valence-electron chi connectivity index (χ0n) is 18.5. The number of nitrogens with one attached hydrogen (secondary N) is 1. The molecule has 13 nitrogen and oxygen atoms in total. The maximum absolute atomic E-state index is 12.9. The molecule has 1 saturated heterocycles. The van der Waals surface area contributed by atoms with Gasteiger partial charge in [0.15, 0.2) is 10.8 Å². The fourth-order valence-corrected chi connectivity index (χ4v) is 4.73. The lowest BCUT2D eigenvalue weighted by Crippen LogP contribution is -2.70. The van der Waals surface area contributed by atoms with Crippen LogP contribution >= 0.6 is 23.1 Å². The van der Waals surface area contributed by atoms with Crippen LogP contribution in [0.5, 0.6) is 0 Å². The minimum absolute atomic E-state index is 0.00552. The van der Waals surface area contributed by atoms with Crippen molar-refractivity contribution in [1.29, 1.82) is 0 Å². The van der Waals surface area contributed by atoms with E-state index in [2.05, 4.69) is 20.2 Å². The van der Waals surface area contributed by atoms with Gasteiger partial charge in [0.1, 0.15) is 29.4 Å². The third-order valence-corrected chi connectivity index (χ3v) is 6.26. The summed E-state index contributed by atoms with van der Waals surface area (Å²) >= 11 is 2.48. The molecule has 1 aromatic rings. The van der Waals surface area contributed by atoms with E-state index in [9.17, 15) is 19.2 Å². The molecule has 1 aromatic heterocycles. The van der Waals surface area contributed by atoms with Gasteiger partial charge in [-0.1, -0.05) is 5.16 Å². The van der Waals surface area contributed by atoms with Crippen LogP contribution in [0.4, 0.5) is 9.93 Å². The number of rotatable bonds is 9. The summed E-state index contributed by atoms with van der Waals surface area (Å²) in [4.78, 5) is 59.9. The standard InChI is InChI=1S/C19H23N5O8S2/c1-4-29-19(28)32-9(3)31-17(27)11-6-7-33-16-13(15(26)24(11)16)22-14(25)12(23-30-5-2)10-8-34-18(20)21-10/h6,8-9,13,16H,4-5,7H2,1-3H3,(H2,20,21)(H,22,25)/t9?,13?,16-/m0/s1. The first-order valence-electron chi connectivity index (χ1n) is 10.2. The van der Waals surface area contributed by atoms with Gasteiger partial charge in [0, 0.05) is 18.1 Å². The molecule has 2 unspecified atom stereocenters. The fourth-order valence-electron chi connectivity index (χ4n) is 2.99. The Morgan fingerprint density at radius 3 is 2.74 bits per heavy atom. The van der Waals surface area contributed by atoms with E-state index >= 15 is 0 Å². The predicted molar refractivity (Wildman–Crippen MR) is 121 cm³/mol. The van der Waals surface area contributed by atoms with Crippen LogP contribution in [0.2, 0.25) is 0 Å². The summed E-state index contributed by atoms with van der Waals surface area (Å²) in [7, 11) is 0. The van der Waals surface area contributed by atoms with Gasteiger partial charge in [-0.2, -0.15) is 0 Å². The normalized spacial score (nSPS) is 20.3. The van der Waals surface area contributed by atoms with Crippen molar-refractivity contribution in [3.63, 3.8) is 0 Å². The smallest absolute Gasteiger partial charge is 0.435 e. The number of thioether (sulfide) groups is 1. The first-order chi connectivity index (χ1) is 16.3. The highest BCUT2D eigenvalue weighted by Crippen LogP contribution is 2.38. The number of ether oxygens (including phenoxy) is 3. The Morgan fingerprint density at radius 2 is 2.09 bits per heavy atom.